The van der Waals surface area contributed by atoms with Gasteiger partial charge in [0, 0.05) is 30.5 Å². The average molecular weight is 475 g/mol. The van der Waals surface area contributed by atoms with Gasteiger partial charge in [0.1, 0.15) is 5.60 Å². The summed E-state index contributed by atoms with van der Waals surface area (Å²) in [6.07, 6.45) is 2.87. The van der Waals surface area contributed by atoms with Crippen molar-refractivity contribution in [1.29, 1.82) is 0 Å². The number of alkyl carbamates (subject to hydrolysis) is 1. The molecule has 2 saturated heterocycles. The summed E-state index contributed by atoms with van der Waals surface area (Å²) in [6, 6.07) is 0.414. The Morgan fingerprint density at radius 1 is 1.03 bits per heavy atom. The molecule has 2 fully saturated rings. The van der Waals surface area contributed by atoms with E-state index < -0.39 is 11.7 Å². The van der Waals surface area contributed by atoms with E-state index in [1.807, 2.05) is 32.5 Å². The minimum atomic E-state index is -0.514. The molecule has 0 radical (unpaired) electrons. The first kappa shape index (κ1) is 26.5. The van der Waals surface area contributed by atoms with Crippen LogP contribution in [0.25, 0.3) is 0 Å². The first-order valence-electron chi connectivity index (χ1n) is 11.3. The van der Waals surface area contributed by atoms with Gasteiger partial charge in [-0.1, -0.05) is 6.42 Å². The Bertz CT molecular complexity index is 616. The monoisotopic (exact) mass is 474 g/mol. The molecule has 10 nitrogen and oxygen atoms in total. The predicted octanol–water partition coefficient (Wildman–Crippen LogP) is 1.39. The van der Waals surface area contributed by atoms with Crippen molar-refractivity contribution in [3.63, 3.8) is 0 Å². The van der Waals surface area contributed by atoms with E-state index in [0.717, 1.165) is 25.0 Å². The van der Waals surface area contributed by atoms with Crippen molar-refractivity contribution >= 4 is 29.8 Å². The number of nitrogens with one attached hydrogen (secondary N) is 4. The van der Waals surface area contributed by atoms with Crippen LogP contribution in [0.4, 0.5) is 9.59 Å². The number of hydrogen-bond acceptors (Lipinski definition) is 7. The number of carbonyl (C=O) groups is 3. The van der Waals surface area contributed by atoms with Crippen LogP contribution in [0, 0.1) is 0 Å². The molecule has 0 aromatic carbocycles. The van der Waals surface area contributed by atoms with E-state index in [9.17, 15) is 14.4 Å². The predicted molar refractivity (Wildman–Crippen MR) is 123 cm³/mol. The standard InChI is InChI=1S/C21H38N4O6S/c1-21(2,3)31-20(28)23-9-11-30-13-12-29-10-8-22-17(26)7-5-4-6-16-18-15(14-32-16)24-19(27)25-18/h15-16,18H,4-14H2,1-3H3,(H,22,26)(H,23,28)(H2,24,25,27). The SMILES string of the molecule is CC(C)(C)OC(=O)NCCOCCOCCNC(=O)CCCCC1SCC2NC(=O)NC21. The highest BCUT2D eigenvalue weighted by Crippen LogP contribution is 2.33. The van der Waals surface area contributed by atoms with Gasteiger partial charge in [0.25, 0.3) is 0 Å². The fourth-order valence-corrected chi connectivity index (χ4v) is 5.03. The minimum absolute atomic E-state index is 0.0332. The molecule has 184 valence electrons. The molecule has 2 rings (SSSR count). The first-order valence-corrected chi connectivity index (χ1v) is 12.4. The lowest BCUT2D eigenvalue weighted by atomic mass is 10.0. The third-order valence-corrected chi connectivity index (χ3v) is 6.44. The molecule has 4 amide bonds. The number of urea groups is 1. The zero-order valence-electron chi connectivity index (χ0n) is 19.4. The number of carbonyl (C=O) groups excluding carboxylic acids is 3. The summed E-state index contributed by atoms with van der Waals surface area (Å²) in [4.78, 5) is 34.7. The van der Waals surface area contributed by atoms with Crippen LogP contribution < -0.4 is 21.3 Å². The maximum absolute atomic E-state index is 11.9. The zero-order valence-corrected chi connectivity index (χ0v) is 20.2. The van der Waals surface area contributed by atoms with E-state index in [1.165, 1.54) is 0 Å². The summed E-state index contributed by atoms with van der Waals surface area (Å²) in [5, 5.41) is 11.8. The second-order valence-electron chi connectivity index (χ2n) is 8.87. The molecule has 0 spiro atoms. The summed E-state index contributed by atoms with van der Waals surface area (Å²) in [5.74, 6) is 0.994. The molecule has 11 heteroatoms. The Kier molecular flexibility index (Phi) is 11.4. The first-order chi connectivity index (χ1) is 15.2. The molecular weight excluding hydrogens is 436 g/mol. The van der Waals surface area contributed by atoms with E-state index >= 15 is 0 Å². The van der Waals surface area contributed by atoms with E-state index in [2.05, 4.69) is 21.3 Å². The number of rotatable bonds is 14. The lowest BCUT2D eigenvalue weighted by molar-refractivity contribution is -0.121. The largest absolute Gasteiger partial charge is 0.444 e. The number of thioether (sulfide) groups is 1. The molecule has 2 heterocycles. The lowest BCUT2D eigenvalue weighted by Crippen LogP contribution is -2.36. The van der Waals surface area contributed by atoms with Crippen LogP contribution >= 0.6 is 11.8 Å². The van der Waals surface area contributed by atoms with Crippen LogP contribution in [0.2, 0.25) is 0 Å². The number of amides is 4. The number of fused-ring (bicyclic) bond motifs is 1. The maximum Gasteiger partial charge on any atom is 0.407 e. The van der Waals surface area contributed by atoms with Crippen molar-refractivity contribution in [2.24, 2.45) is 0 Å². The molecule has 4 N–H and O–H groups in total. The molecule has 0 bridgehead atoms. The van der Waals surface area contributed by atoms with E-state index in [0.29, 0.717) is 51.2 Å². The van der Waals surface area contributed by atoms with Gasteiger partial charge in [-0.25, -0.2) is 9.59 Å². The van der Waals surface area contributed by atoms with Gasteiger partial charge in [-0.2, -0.15) is 11.8 Å². The third kappa shape index (κ3) is 10.7. The Morgan fingerprint density at radius 3 is 2.41 bits per heavy atom. The molecule has 3 unspecified atom stereocenters. The smallest absolute Gasteiger partial charge is 0.407 e. The van der Waals surface area contributed by atoms with Crippen LogP contribution in [0.1, 0.15) is 46.5 Å². The van der Waals surface area contributed by atoms with Crippen LogP contribution in [0.15, 0.2) is 0 Å². The van der Waals surface area contributed by atoms with Crippen molar-refractivity contribution in [3.8, 4) is 0 Å². The lowest BCUT2D eigenvalue weighted by Gasteiger charge is -2.19. The Hall–Kier alpha value is -1.72. The van der Waals surface area contributed by atoms with Crippen molar-refractivity contribution in [1.82, 2.24) is 21.3 Å². The van der Waals surface area contributed by atoms with Crippen LogP contribution in [0.5, 0.6) is 0 Å². The van der Waals surface area contributed by atoms with Gasteiger partial charge < -0.3 is 35.5 Å². The van der Waals surface area contributed by atoms with Gasteiger partial charge in [-0.3, -0.25) is 4.79 Å². The van der Waals surface area contributed by atoms with Gasteiger partial charge in [-0.05, 0) is 33.6 Å². The van der Waals surface area contributed by atoms with Gasteiger partial charge in [-0.15, -0.1) is 0 Å². The van der Waals surface area contributed by atoms with Crippen LogP contribution in [-0.4, -0.2) is 86.2 Å². The molecular formula is C21H38N4O6S. The average Bonchev–Trinajstić information content (AvgIpc) is 3.24. The molecule has 0 aromatic rings. The molecule has 0 saturated carbocycles. The van der Waals surface area contributed by atoms with Crippen molar-refractivity contribution < 1.29 is 28.6 Å². The second-order valence-corrected chi connectivity index (χ2v) is 10.1. The highest BCUT2D eigenvalue weighted by molar-refractivity contribution is 8.00. The molecule has 3 atom stereocenters. The van der Waals surface area contributed by atoms with E-state index in [1.54, 1.807) is 0 Å². The highest BCUT2D eigenvalue weighted by atomic mass is 32.2. The molecule has 0 aliphatic carbocycles. The number of ether oxygens (including phenoxy) is 3. The zero-order chi connectivity index (χ0) is 23.4. The summed E-state index contributed by atoms with van der Waals surface area (Å²) in [7, 11) is 0. The van der Waals surface area contributed by atoms with Gasteiger partial charge >= 0.3 is 12.1 Å². The topological polar surface area (TPSA) is 127 Å². The normalized spacial score (nSPS) is 22.1. The maximum atomic E-state index is 11.9. The van der Waals surface area contributed by atoms with Crippen LogP contribution in [0.3, 0.4) is 0 Å². The summed E-state index contributed by atoms with van der Waals surface area (Å²) in [5.41, 5.74) is -0.514. The second kappa shape index (κ2) is 13.7. The van der Waals surface area contributed by atoms with Crippen molar-refractivity contribution in [2.75, 3.05) is 45.3 Å². The summed E-state index contributed by atoms with van der Waals surface area (Å²) < 4.78 is 15.9. The van der Waals surface area contributed by atoms with Crippen molar-refractivity contribution in [2.45, 2.75) is 69.4 Å². The van der Waals surface area contributed by atoms with Crippen molar-refractivity contribution in [3.05, 3.63) is 0 Å². The van der Waals surface area contributed by atoms with E-state index in [4.69, 9.17) is 14.2 Å². The molecule has 0 aromatic heterocycles. The number of hydrogen-bond donors (Lipinski definition) is 4. The quantitative estimate of drug-likeness (QED) is 0.221. The fraction of sp³-hybridized carbons (Fsp3) is 0.857. The molecule has 32 heavy (non-hydrogen) atoms. The Morgan fingerprint density at radius 2 is 1.72 bits per heavy atom. The third-order valence-electron chi connectivity index (χ3n) is 4.94. The van der Waals surface area contributed by atoms with Gasteiger partial charge in [0.15, 0.2) is 0 Å². The summed E-state index contributed by atoms with van der Waals surface area (Å²) >= 11 is 1.90. The number of unbranched alkanes of at least 4 members (excludes halogenated alkanes) is 1. The van der Waals surface area contributed by atoms with E-state index in [-0.39, 0.29) is 24.0 Å². The van der Waals surface area contributed by atoms with Crippen LogP contribution in [-0.2, 0) is 19.0 Å². The minimum Gasteiger partial charge on any atom is -0.444 e. The molecule has 2 aliphatic rings. The molecule has 2 aliphatic heterocycles. The van der Waals surface area contributed by atoms with Gasteiger partial charge in [0.05, 0.1) is 38.5 Å². The fourth-order valence-electron chi connectivity index (χ4n) is 3.49. The summed E-state index contributed by atoms with van der Waals surface area (Å²) in [6.45, 7) is 7.92. The van der Waals surface area contributed by atoms with Gasteiger partial charge in [0.2, 0.25) is 5.91 Å². The Balaban J connectivity index is 1.34. The Labute approximate surface area is 194 Å². The highest BCUT2D eigenvalue weighted by Gasteiger charge is 2.42.